The van der Waals surface area contributed by atoms with Crippen LogP contribution in [-0.4, -0.2) is 49.7 Å². The summed E-state index contributed by atoms with van der Waals surface area (Å²) in [5.74, 6) is -0.547. The average Bonchev–Trinajstić information content (AvgIpc) is 2.64. The highest BCUT2D eigenvalue weighted by Gasteiger charge is 2.28. The summed E-state index contributed by atoms with van der Waals surface area (Å²) in [6.45, 7) is 1.33. The van der Waals surface area contributed by atoms with E-state index in [9.17, 15) is 17.6 Å². The molecule has 0 saturated carbocycles. The summed E-state index contributed by atoms with van der Waals surface area (Å²) >= 11 is 0. The fraction of sp³-hybridized carbons (Fsp3) is 0.316. The predicted molar refractivity (Wildman–Crippen MR) is 97.3 cm³/mol. The van der Waals surface area contributed by atoms with Crippen molar-refractivity contribution in [2.75, 3.05) is 26.2 Å². The van der Waals surface area contributed by atoms with E-state index in [4.69, 9.17) is 0 Å². The predicted octanol–water partition coefficient (Wildman–Crippen LogP) is 2.04. The Hall–Kier alpha value is -2.25. The second kappa shape index (κ2) is 7.97. The number of sulfonamides is 1. The van der Waals surface area contributed by atoms with Crippen molar-refractivity contribution in [1.29, 1.82) is 0 Å². The van der Waals surface area contributed by atoms with Crippen LogP contribution in [0.3, 0.4) is 0 Å². The van der Waals surface area contributed by atoms with Crippen LogP contribution in [0.25, 0.3) is 0 Å². The number of hydrogen-bond donors (Lipinski definition) is 0. The second-order valence-corrected chi connectivity index (χ2v) is 8.29. The number of nitrogens with zero attached hydrogens (tertiary/aromatic N) is 2. The number of piperazine rings is 1. The van der Waals surface area contributed by atoms with Crippen molar-refractivity contribution in [3.8, 4) is 0 Å². The minimum absolute atomic E-state index is 0.00628. The molecule has 1 heterocycles. The Bertz CT molecular complexity index is 846. The third kappa shape index (κ3) is 4.68. The fourth-order valence-electron chi connectivity index (χ4n) is 2.98. The first-order valence-corrected chi connectivity index (χ1v) is 10.1. The van der Waals surface area contributed by atoms with Gasteiger partial charge in [0, 0.05) is 26.2 Å². The molecule has 1 aliphatic rings. The van der Waals surface area contributed by atoms with Crippen molar-refractivity contribution in [2.45, 2.75) is 12.2 Å². The van der Waals surface area contributed by atoms with Crippen LogP contribution in [0.1, 0.15) is 11.1 Å². The van der Waals surface area contributed by atoms with E-state index in [0.717, 1.165) is 5.56 Å². The number of carbonyl (C=O) groups is 1. The lowest BCUT2D eigenvalue weighted by molar-refractivity contribution is -0.131. The maximum absolute atomic E-state index is 13.0. The van der Waals surface area contributed by atoms with Gasteiger partial charge < -0.3 is 4.90 Å². The van der Waals surface area contributed by atoms with Gasteiger partial charge in [-0.05, 0) is 23.3 Å². The quantitative estimate of drug-likeness (QED) is 0.802. The molecule has 0 aliphatic carbocycles. The molecule has 0 radical (unpaired) electrons. The smallest absolute Gasteiger partial charge is 0.227 e. The van der Waals surface area contributed by atoms with Gasteiger partial charge in [-0.2, -0.15) is 4.31 Å². The van der Waals surface area contributed by atoms with Gasteiger partial charge in [0.15, 0.2) is 0 Å². The number of halogens is 1. The third-order valence-corrected chi connectivity index (χ3v) is 6.30. The maximum Gasteiger partial charge on any atom is 0.227 e. The van der Waals surface area contributed by atoms with Crippen LogP contribution in [0.15, 0.2) is 54.6 Å². The molecule has 1 aliphatic heterocycles. The number of carbonyl (C=O) groups excluding carboxylic acids is 1. The van der Waals surface area contributed by atoms with Gasteiger partial charge in [0.25, 0.3) is 0 Å². The molecule has 5 nitrogen and oxygen atoms in total. The molecule has 0 spiro atoms. The molecule has 0 aromatic heterocycles. The van der Waals surface area contributed by atoms with Gasteiger partial charge in [0.1, 0.15) is 5.82 Å². The van der Waals surface area contributed by atoms with Crippen molar-refractivity contribution in [3.05, 3.63) is 71.5 Å². The molecule has 0 N–H and O–H groups in total. The molecule has 3 rings (SSSR count). The average molecular weight is 376 g/mol. The van der Waals surface area contributed by atoms with Gasteiger partial charge in [0.2, 0.25) is 15.9 Å². The van der Waals surface area contributed by atoms with Gasteiger partial charge in [-0.15, -0.1) is 0 Å². The molecule has 1 saturated heterocycles. The number of benzene rings is 2. The number of amides is 1. The van der Waals surface area contributed by atoms with Crippen molar-refractivity contribution in [2.24, 2.45) is 0 Å². The number of hydrogen-bond acceptors (Lipinski definition) is 3. The molecule has 2 aromatic rings. The monoisotopic (exact) mass is 376 g/mol. The minimum atomic E-state index is -3.48. The zero-order valence-electron chi connectivity index (χ0n) is 14.3. The molecule has 1 amide bonds. The lowest BCUT2D eigenvalue weighted by atomic mass is 10.1. The summed E-state index contributed by atoms with van der Waals surface area (Å²) in [7, 11) is -3.48. The van der Waals surface area contributed by atoms with E-state index in [1.807, 2.05) is 30.3 Å². The van der Waals surface area contributed by atoms with Crippen molar-refractivity contribution in [3.63, 3.8) is 0 Å². The van der Waals surface area contributed by atoms with Gasteiger partial charge in [-0.25, -0.2) is 12.8 Å². The minimum Gasteiger partial charge on any atom is -0.340 e. The summed E-state index contributed by atoms with van der Waals surface area (Å²) in [6.07, 6.45) is 0.323. The van der Waals surface area contributed by atoms with Crippen molar-refractivity contribution >= 4 is 15.9 Å². The zero-order valence-corrected chi connectivity index (χ0v) is 15.2. The van der Waals surface area contributed by atoms with Crippen molar-refractivity contribution < 1.29 is 17.6 Å². The molecule has 0 atom stereocenters. The molecule has 26 heavy (non-hydrogen) atoms. The van der Waals surface area contributed by atoms with Gasteiger partial charge >= 0.3 is 0 Å². The fourth-order valence-corrected chi connectivity index (χ4v) is 4.50. The van der Waals surface area contributed by atoms with Crippen LogP contribution >= 0.6 is 0 Å². The van der Waals surface area contributed by atoms with E-state index in [2.05, 4.69) is 0 Å². The standard InChI is InChI=1S/C19H21FN2O3S/c20-18-8-6-17(7-9-18)15-26(24,25)22-12-10-21(11-13-22)19(23)14-16-4-2-1-3-5-16/h1-9H,10-15H2. The van der Waals surface area contributed by atoms with Gasteiger partial charge in [-0.1, -0.05) is 42.5 Å². The molecule has 0 bridgehead atoms. The van der Waals surface area contributed by atoms with Crippen LogP contribution in [0, 0.1) is 5.82 Å². The molecule has 0 unspecified atom stereocenters. The van der Waals surface area contributed by atoms with E-state index in [0.29, 0.717) is 25.1 Å². The highest BCUT2D eigenvalue weighted by molar-refractivity contribution is 7.88. The third-order valence-electron chi connectivity index (χ3n) is 4.45. The Morgan fingerprint density at radius 3 is 2.12 bits per heavy atom. The van der Waals surface area contributed by atoms with Gasteiger partial charge in [0.05, 0.1) is 12.2 Å². The first-order chi connectivity index (χ1) is 12.4. The SMILES string of the molecule is O=C(Cc1ccccc1)N1CCN(S(=O)(=O)Cc2ccc(F)cc2)CC1. The summed E-state index contributed by atoms with van der Waals surface area (Å²) < 4.78 is 39.4. The molecule has 1 fully saturated rings. The van der Waals surface area contributed by atoms with Crippen LogP contribution in [0.4, 0.5) is 4.39 Å². The lowest BCUT2D eigenvalue weighted by Gasteiger charge is -2.34. The van der Waals surface area contributed by atoms with E-state index in [-0.39, 0.29) is 24.7 Å². The van der Waals surface area contributed by atoms with Crippen LogP contribution in [-0.2, 0) is 27.0 Å². The number of rotatable bonds is 5. The van der Waals surface area contributed by atoms with E-state index in [1.165, 1.54) is 28.6 Å². The van der Waals surface area contributed by atoms with E-state index < -0.39 is 15.8 Å². The highest BCUT2D eigenvalue weighted by Crippen LogP contribution is 2.15. The van der Waals surface area contributed by atoms with Crippen LogP contribution in [0.5, 0.6) is 0 Å². The molecule has 7 heteroatoms. The maximum atomic E-state index is 13.0. The normalized spacial score (nSPS) is 15.8. The summed E-state index contributed by atoms with van der Waals surface area (Å²) in [5, 5.41) is 0. The molecular weight excluding hydrogens is 355 g/mol. The Labute approximate surface area is 153 Å². The second-order valence-electron chi connectivity index (χ2n) is 6.32. The lowest BCUT2D eigenvalue weighted by Crippen LogP contribution is -2.51. The molecule has 138 valence electrons. The first-order valence-electron chi connectivity index (χ1n) is 8.48. The highest BCUT2D eigenvalue weighted by atomic mass is 32.2. The molecular formula is C19H21FN2O3S. The summed E-state index contributed by atoms with van der Waals surface area (Å²) in [5.41, 5.74) is 1.50. The Morgan fingerprint density at radius 1 is 0.885 bits per heavy atom. The van der Waals surface area contributed by atoms with Crippen molar-refractivity contribution in [1.82, 2.24) is 9.21 Å². The van der Waals surface area contributed by atoms with E-state index >= 15 is 0 Å². The summed E-state index contributed by atoms with van der Waals surface area (Å²) in [4.78, 5) is 14.1. The summed E-state index contributed by atoms with van der Waals surface area (Å²) in [6, 6.07) is 15.0. The topological polar surface area (TPSA) is 57.7 Å². The molecule has 2 aromatic carbocycles. The Morgan fingerprint density at radius 2 is 1.50 bits per heavy atom. The largest absolute Gasteiger partial charge is 0.340 e. The Balaban J connectivity index is 1.55. The van der Waals surface area contributed by atoms with Gasteiger partial charge in [-0.3, -0.25) is 4.79 Å². The first kappa shape index (κ1) is 18.5. The van der Waals surface area contributed by atoms with E-state index in [1.54, 1.807) is 4.90 Å². The Kier molecular flexibility index (Phi) is 5.68. The zero-order chi connectivity index (χ0) is 18.6. The van der Waals surface area contributed by atoms with Crippen LogP contribution < -0.4 is 0 Å². The van der Waals surface area contributed by atoms with Crippen LogP contribution in [0.2, 0.25) is 0 Å².